The van der Waals surface area contributed by atoms with Crippen molar-refractivity contribution in [3.8, 4) is 0 Å². The van der Waals surface area contributed by atoms with Gasteiger partial charge < -0.3 is 10.6 Å². The molecule has 0 saturated carbocycles. The molecule has 0 aliphatic heterocycles. The number of benzene rings is 3. The van der Waals surface area contributed by atoms with E-state index < -0.39 is 6.04 Å². The highest BCUT2D eigenvalue weighted by atomic mass is 16.2. The Labute approximate surface area is 191 Å². The van der Waals surface area contributed by atoms with Crippen LogP contribution in [-0.4, -0.2) is 11.8 Å². The van der Waals surface area contributed by atoms with Gasteiger partial charge in [-0.15, -0.1) is 0 Å². The van der Waals surface area contributed by atoms with Crippen molar-refractivity contribution < 1.29 is 9.59 Å². The maximum Gasteiger partial charge on any atom is 0.251 e. The number of rotatable bonds is 9. The maximum atomic E-state index is 12.9. The van der Waals surface area contributed by atoms with Crippen LogP contribution in [0.4, 0.5) is 0 Å². The summed E-state index contributed by atoms with van der Waals surface area (Å²) in [6.45, 7) is 6.39. The van der Waals surface area contributed by atoms with Crippen LogP contribution in [-0.2, 0) is 11.2 Å². The summed E-state index contributed by atoms with van der Waals surface area (Å²) in [5.74, 6) is 0.311. The Morgan fingerprint density at radius 3 is 1.91 bits per heavy atom. The molecule has 4 nitrogen and oxygen atoms in total. The zero-order chi connectivity index (χ0) is 22.9. The second-order valence-electron chi connectivity index (χ2n) is 8.64. The zero-order valence-corrected chi connectivity index (χ0v) is 19.0. The smallest absolute Gasteiger partial charge is 0.251 e. The highest BCUT2D eigenvalue weighted by molar-refractivity contribution is 5.94. The molecule has 0 aliphatic rings. The molecule has 0 aromatic heterocycles. The molecule has 3 rings (SSSR count). The molecule has 0 bridgehead atoms. The second kappa shape index (κ2) is 11.3. The molecule has 3 aromatic carbocycles. The van der Waals surface area contributed by atoms with E-state index in [4.69, 9.17) is 0 Å². The Morgan fingerprint density at radius 1 is 0.719 bits per heavy atom. The lowest BCUT2D eigenvalue weighted by Gasteiger charge is -2.21. The SMILES string of the molecule is CC(C)Cc1ccc(C(C)NC(=O)CC(NC(=O)c2ccccc2)c2ccccc2)cc1. The van der Waals surface area contributed by atoms with Crippen molar-refractivity contribution in [1.29, 1.82) is 0 Å². The van der Waals surface area contributed by atoms with Crippen LogP contribution < -0.4 is 10.6 Å². The van der Waals surface area contributed by atoms with Crippen molar-refractivity contribution in [2.75, 3.05) is 0 Å². The summed E-state index contributed by atoms with van der Waals surface area (Å²) in [6.07, 6.45) is 1.21. The molecule has 0 heterocycles. The van der Waals surface area contributed by atoms with Crippen LogP contribution in [0, 0.1) is 5.92 Å². The normalized spacial score (nSPS) is 12.8. The Morgan fingerprint density at radius 2 is 1.31 bits per heavy atom. The molecular formula is C28H32N2O2. The fourth-order valence-corrected chi connectivity index (χ4v) is 3.75. The van der Waals surface area contributed by atoms with Gasteiger partial charge in [-0.3, -0.25) is 9.59 Å². The van der Waals surface area contributed by atoms with Crippen molar-refractivity contribution in [2.24, 2.45) is 5.92 Å². The number of amides is 2. The highest BCUT2D eigenvalue weighted by Crippen LogP contribution is 2.20. The molecule has 0 saturated heterocycles. The number of hydrogen-bond acceptors (Lipinski definition) is 2. The van der Waals surface area contributed by atoms with Gasteiger partial charge in [0, 0.05) is 5.56 Å². The average molecular weight is 429 g/mol. The van der Waals surface area contributed by atoms with Crippen molar-refractivity contribution >= 4 is 11.8 Å². The number of nitrogens with one attached hydrogen (secondary N) is 2. The minimum atomic E-state index is -0.412. The fraction of sp³-hybridized carbons (Fsp3) is 0.286. The Kier molecular flexibility index (Phi) is 8.20. The third-order valence-corrected chi connectivity index (χ3v) is 5.43. The van der Waals surface area contributed by atoms with Gasteiger partial charge in [0.15, 0.2) is 0 Å². The van der Waals surface area contributed by atoms with Gasteiger partial charge in [-0.25, -0.2) is 0 Å². The number of carbonyl (C=O) groups is 2. The predicted molar refractivity (Wildman–Crippen MR) is 129 cm³/mol. The number of hydrogen-bond donors (Lipinski definition) is 2. The van der Waals surface area contributed by atoms with Gasteiger partial charge in [-0.1, -0.05) is 86.6 Å². The lowest BCUT2D eigenvalue weighted by atomic mass is 9.99. The molecule has 2 amide bonds. The lowest BCUT2D eigenvalue weighted by molar-refractivity contribution is -0.122. The van der Waals surface area contributed by atoms with Crippen molar-refractivity contribution in [3.63, 3.8) is 0 Å². The summed E-state index contributed by atoms with van der Waals surface area (Å²) in [4.78, 5) is 25.6. The molecule has 0 radical (unpaired) electrons. The van der Waals surface area contributed by atoms with Crippen molar-refractivity contribution in [2.45, 2.75) is 45.7 Å². The molecule has 166 valence electrons. The van der Waals surface area contributed by atoms with E-state index in [0.29, 0.717) is 11.5 Å². The average Bonchev–Trinajstić information content (AvgIpc) is 2.79. The molecule has 0 spiro atoms. The van der Waals surface area contributed by atoms with Gasteiger partial charge in [0.1, 0.15) is 0 Å². The molecule has 2 unspecified atom stereocenters. The molecule has 0 fully saturated rings. The third kappa shape index (κ3) is 6.81. The summed E-state index contributed by atoms with van der Waals surface area (Å²) >= 11 is 0. The van der Waals surface area contributed by atoms with Crippen LogP contribution in [0.25, 0.3) is 0 Å². The fourth-order valence-electron chi connectivity index (χ4n) is 3.75. The van der Waals surface area contributed by atoms with E-state index >= 15 is 0 Å². The van der Waals surface area contributed by atoms with Crippen LogP contribution in [0.1, 0.15) is 66.3 Å². The first-order valence-corrected chi connectivity index (χ1v) is 11.2. The molecule has 3 aromatic rings. The van der Waals surface area contributed by atoms with E-state index in [1.165, 1.54) is 5.56 Å². The Bertz CT molecular complexity index is 999. The molecule has 32 heavy (non-hydrogen) atoms. The predicted octanol–water partition coefficient (Wildman–Crippen LogP) is 5.62. The summed E-state index contributed by atoms with van der Waals surface area (Å²) < 4.78 is 0. The van der Waals surface area contributed by atoms with E-state index in [0.717, 1.165) is 17.5 Å². The van der Waals surface area contributed by atoms with E-state index in [9.17, 15) is 9.59 Å². The minimum absolute atomic E-state index is 0.106. The highest BCUT2D eigenvalue weighted by Gasteiger charge is 2.20. The van der Waals surface area contributed by atoms with E-state index in [-0.39, 0.29) is 24.3 Å². The standard InChI is InChI=1S/C28H32N2O2/c1-20(2)18-22-14-16-23(17-15-22)21(3)29-27(31)19-26(24-10-6-4-7-11-24)30-28(32)25-12-8-5-9-13-25/h4-17,20-21,26H,18-19H2,1-3H3,(H,29,31)(H,30,32). The van der Waals surface area contributed by atoms with Gasteiger partial charge in [-0.2, -0.15) is 0 Å². The third-order valence-electron chi connectivity index (χ3n) is 5.43. The second-order valence-corrected chi connectivity index (χ2v) is 8.64. The largest absolute Gasteiger partial charge is 0.350 e. The molecule has 2 atom stereocenters. The summed E-state index contributed by atoms with van der Waals surface area (Å²) in [5.41, 5.74) is 3.84. The molecule has 2 N–H and O–H groups in total. The van der Waals surface area contributed by atoms with Crippen molar-refractivity contribution in [1.82, 2.24) is 10.6 Å². The van der Waals surface area contributed by atoms with Gasteiger partial charge in [0.05, 0.1) is 18.5 Å². The van der Waals surface area contributed by atoms with Crippen LogP contribution in [0.3, 0.4) is 0 Å². The first kappa shape index (κ1) is 23.3. The van der Waals surface area contributed by atoms with Crippen molar-refractivity contribution in [3.05, 3.63) is 107 Å². The van der Waals surface area contributed by atoms with E-state index in [2.05, 4.69) is 48.7 Å². The number of carbonyl (C=O) groups excluding carboxylic acids is 2. The van der Waals surface area contributed by atoms with Gasteiger partial charge in [0.2, 0.25) is 5.91 Å². The molecule has 4 heteroatoms. The molecular weight excluding hydrogens is 396 g/mol. The maximum absolute atomic E-state index is 12.9. The summed E-state index contributed by atoms with van der Waals surface area (Å²) in [6, 6.07) is 26.6. The van der Waals surface area contributed by atoms with E-state index in [1.54, 1.807) is 12.1 Å². The summed E-state index contributed by atoms with van der Waals surface area (Å²) in [7, 11) is 0. The summed E-state index contributed by atoms with van der Waals surface area (Å²) in [5, 5.41) is 6.10. The topological polar surface area (TPSA) is 58.2 Å². The Balaban J connectivity index is 1.66. The van der Waals surface area contributed by atoms with Crippen LogP contribution >= 0.6 is 0 Å². The lowest BCUT2D eigenvalue weighted by Crippen LogP contribution is -2.34. The van der Waals surface area contributed by atoms with Gasteiger partial charge in [0.25, 0.3) is 5.91 Å². The quantitative estimate of drug-likeness (QED) is 0.464. The monoisotopic (exact) mass is 428 g/mol. The zero-order valence-electron chi connectivity index (χ0n) is 19.0. The first-order valence-electron chi connectivity index (χ1n) is 11.2. The Hall–Kier alpha value is -3.40. The molecule has 0 aliphatic carbocycles. The van der Waals surface area contributed by atoms with Crippen LogP contribution in [0.5, 0.6) is 0 Å². The van der Waals surface area contributed by atoms with Crippen LogP contribution in [0.15, 0.2) is 84.9 Å². The van der Waals surface area contributed by atoms with E-state index in [1.807, 2.05) is 55.5 Å². The minimum Gasteiger partial charge on any atom is -0.350 e. The van der Waals surface area contributed by atoms with Gasteiger partial charge in [-0.05, 0) is 48.1 Å². The van der Waals surface area contributed by atoms with Crippen LogP contribution in [0.2, 0.25) is 0 Å². The van der Waals surface area contributed by atoms with Gasteiger partial charge >= 0.3 is 0 Å². The first-order chi connectivity index (χ1) is 15.4.